The van der Waals surface area contributed by atoms with Crippen LogP contribution >= 0.6 is 39.3 Å². The van der Waals surface area contributed by atoms with Crippen LogP contribution in [0.4, 0.5) is 0 Å². The van der Waals surface area contributed by atoms with Crippen LogP contribution in [0.5, 0.6) is 0 Å². The second kappa shape index (κ2) is 8.84. The van der Waals surface area contributed by atoms with E-state index in [1.54, 1.807) is 0 Å². The summed E-state index contributed by atoms with van der Waals surface area (Å²) in [7, 11) is -8.54. The van der Waals surface area contributed by atoms with Gasteiger partial charge in [0, 0.05) is 12.5 Å². The maximum absolute atomic E-state index is 12.4. The Morgan fingerprint density at radius 3 is 2.27 bits per heavy atom. The Morgan fingerprint density at radius 2 is 1.86 bits per heavy atom. The molecule has 0 aliphatic carbocycles. The third kappa shape index (κ3) is 5.35. The molecule has 0 aliphatic heterocycles. The lowest BCUT2D eigenvalue weighted by Gasteiger charge is -2.35. The monoisotopic (exact) mass is 394 g/mol. The molecule has 0 aromatic carbocycles. The predicted octanol–water partition coefficient (Wildman–Crippen LogP) is 1.85. The van der Waals surface area contributed by atoms with Gasteiger partial charge in [-0.05, 0) is 36.9 Å². The molecule has 0 aromatic rings. The highest BCUT2D eigenvalue weighted by atomic mass is 32.2. The number of hydrazone groups is 1. The second-order valence-corrected chi connectivity index (χ2v) is 9.98. The summed E-state index contributed by atoms with van der Waals surface area (Å²) in [5, 5.41) is 1.05. The van der Waals surface area contributed by atoms with Crippen LogP contribution < -0.4 is 5.84 Å². The van der Waals surface area contributed by atoms with Crippen molar-refractivity contribution in [1.82, 2.24) is 0 Å². The molecule has 0 fully saturated rings. The molecule has 130 valence electrons. The van der Waals surface area contributed by atoms with E-state index >= 15 is 0 Å². The topological polar surface area (TPSA) is 149 Å². The molecule has 0 radical (unpaired) electrons. The fourth-order valence-electron chi connectivity index (χ4n) is 1.71. The first-order chi connectivity index (χ1) is 9.98. The lowest BCUT2D eigenvalue weighted by atomic mass is 9.92. The smallest absolute Gasteiger partial charge is 0.324 e. The molecule has 0 aliphatic rings. The zero-order valence-corrected chi connectivity index (χ0v) is 16.0. The van der Waals surface area contributed by atoms with Gasteiger partial charge >= 0.3 is 15.2 Å². The quantitative estimate of drug-likeness (QED) is 0.165. The average molecular weight is 394 g/mol. The first-order valence-corrected chi connectivity index (χ1v) is 11.5. The van der Waals surface area contributed by atoms with Crippen LogP contribution in [-0.4, -0.2) is 45.6 Å². The van der Waals surface area contributed by atoms with Crippen LogP contribution in [0.3, 0.4) is 0 Å². The van der Waals surface area contributed by atoms with Gasteiger partial charge in [0.05, 0.1) is 12.4 Å². The maximum atomic E-state index is 12.4. The first kappa shape index (κ1) is 22.1. The van der Waals surface area contributed by atoms with E-state index in [2.05, 4.69) is 9.07 Å². The Bertz CT molecular complexity index is 518. The van der Waals surface area contributed by atoms with Crippen LogP contribution in [-0.2, 0) is 21.9 Å². The van der Waals surface area contributed by atoms with E-state index < -0.39 is 38.2 Å². The minimum atomic E-state index is -4.49. The third-order valence-electron chi connectivity index (χ3n) is 3.11. The van der Waals surface area contributed by atoms with E-state index in [1.807, 2.05) is 0 Å². The van der Waals surface area contributed by atoms with Gasteiger partial charge in [-0.3, -0.25) is 13.9 Å². The summed E-state index contributed by atoms with van der Waals surface area (Å²) in [4.78, 5) is 32.0. The van der Waals surface area contributed by atoms with E-state index in [-0.39, 0.29) is 0 Å². The third-order valence-corrected chi connectivity index (χ3v) is 8.89. The normalized spacial score (nSPS) is 21.7. The van der Waals surface area contributed by atoms with Crippen molar-refractivity contribution in [3.8, 4) is 0 Å². The number of nitrogens with two attached hydrogens (primary N) is 1. The van der Waals surface area contributed by atoms with Crippen molar-refractivity contribution in [2.45, 2.75) is 19.0 Å². The van der Waals surface area contributed by atoms with Crippen molar-refractivity contribution in [2.75, 3.05) is 18.7 Å². The zero-order chi connectivity index (χ0) is 17.6. The SMILES string of the molecule is CSOP(=O)(O)CC(C)C(C)(C(=O)C=NN)P(=O)(O)OSC. The zero-order valence-electron chi connectivity index (χ0n) is 12.5. The van der Waals surface area contributed by atoms with Gasteiger partial charge in [-0.25, -0.2) is 7.94 Å². The van der Waals surface area contributed by atoms with Gasteiger partial charge in [0.2, 0.25) is 0 Å². The molecule has 9 nitrogen and oxygen atoms in total. The highest BCUT2D eigenvalue weighted by Crippen LogP contribution is 2.63. The molecule has 0 bridgehead atoms. The van der Waals surface area contributed by atoms with Crippen molar-refractivity contribution < 1.29 is 31.7 Å². The standard InChI is InChI=1S/C9H20N2O7P2S2/c1-7(6-19(13,14)17-21-3)9(2,8(12)5-11-10)20(15,16)18-22-4/h5,7H,6,10H2,1-4H3,(H,13,14)(H,15,16). The molecule has 4 atom stereocenters. The Labute approximate surface area is 137 Å². The molecule has 0 saturated heterocycles. The lowest BCUT2D eigenvalue weighted by Crippen LogP contribution is -2.44. The molecule has 0 amide bonds. The van der Waals surface area contributed by atoms with Gasteiger partial charge in [0.25, 0.3) is 0 Å². The Hall–Kier alpha value is 0.140. The molecule has 4 unspecified atom stereocenters. The summed E-state index contributed by atoms with van der Waals surface area (Å²) in [6, 6.07) is 0. The average Bonchev–Trinajstić information content (AvgIpc) is 2.36. The number of ketones is 1. The minimum absolute atomic E-state index is 0.517. The van der Waals surface area contributed by atoms with E-state index in [4.69, 9.17) is 9.81 Å². The van der Waals surface area contributed by atoms with Crippen LogP contribution in [0.15, 0.2) is 5.10 Å². The summed E-state index contributed by atoms with van der Waals surface area (Å²) in [6.45, 7) is 2.54. The summed E-state index contributed by atoms with van der Waals surface area (Å²) in [5.74, 6) is 3.01. The summed E-state index contributed by atoms with van der Waals surface area (Å²) >= 11 is 1.29. The van der Waals surface area contributed by atoms with Crippen molar-refractivity contribution >= 4 is 51.3 Å². The summed E-state index contributed by atoms with van der Waals surface area (Å²) in [6.07, 6.45) is 3.02. The molecular weight excluding hydrogens is 374 g/mol. The fraction of sp³-hybridized carbons (Fsp3) is 0.778. The fourth-order valence-corrected chi connectivity index (χ4v) is 6.50. The van der Waals surface area contributed by atoms with Crippen molar-refractivity contribution in [3.63, 3.8) is 0 Å². The highest BCUT2D eigenvalue weighted by Gasteiger charge is 2.55. The number of hydrogen-bond donors (Lipinski definition) is 3. The van der Waals surface area contributed by atoms with Crippen LogP contribution in [0.1, 0.15) is 13.8 Å². The molecule has 4 N–H and O–H groups in total. The molecule has 0 heterocycles. The molecule has 22 heavy (non-hydrogen) atoms. The van der Waals surface area contributed by atoms with Crippen LogP contribution in [0.2, 0.25) is 0 Å². The molecule has 0 spiro atoms. The molecule has 0 aromatic heterocycles. The molecule has 0 saturated carbocycles. The van der Waals surface area contributed by atoms with Gasteiger partial charge in [0.15, 0.2) is 5.78 Å². The summed E-state index contributed by atoms with van der Waals surface area (Å²) < 4.78 is 33.7. The van der Waals surface area contributed by atoms with Gasteiger partial charge in [-0.1, -0.05) is 6.92 Å². The van der Waals surface area contributed by atoms with Crippen LogP contribution in [0.25, 0.3) is 0 Å². The second-order valence-electron chi connectivity index (χ2n) is 4.51. The van der Waals surface area contributed by atoms with E-state index in [0.29, 0.717) is 30.3 Å². The van der Waals surface area contributed by atoms with Crippen LogP contribution in [0, 0.1) is 5.92 Å². The highest BCUT2D eigenvalue weighted by molar-refractivity contribution is 7.98. The van der Waals surface area contributed by atoms with Crippen molar-refractivity contribution in [3.05, 3.63) is 0 Å². The largest absolute Gasteiger partial charge is 0.353 e. The lowest BCUT2D eigenvalue weighted by molar-refractivity contribution is -0.115. The first-order valence-electron chi connectivity index (χ1n) is 5.85. The maximum Gasteiger partial charge on any atom is 0.353 e. The number of nitrogens with zero attached hydrogens (tertiary/aromatic N) is 1. The Morgan fingerprint density at radius 1 is 1.36 bits per heavy atom. The van der Waals surface area contributed by atoms with Crippen molar-refractivity contribution in [1.29, 1.82) is 0 Å². The van der Waals surface area contributed by atoms with E-state index in [0.717, 1.165) is 6.92 Å². The Kier molecular flexibility index (Phi) is 8.90. The van der Waals surface area contributed by atoms with Gasteiger partial charge in [-0.15, -0.1) is 0 Å². The molecular formula is C9H20N2O7P2S2. The van der Waals surface area contributed by atoms with Gasteiger partial charge in [-0.2, -0.15) is 5.10 Å². The van der Waals surface area contributed by atoms with Crippen molar-refractivity contribution in [2.24, 2.45) is 16.9 Å². The van der Waals surface area contributed by atoms with E-state index in [1.165, 1.54) is 19.4 Å². The predicted molar refractivity (Wildman–Crippen MR) is 89.0 cm³/mol. The number of carbonyl (C=O) groups excluding carboxylic acids is 1. The van der Waals surface area contributed by atoms with Gasteiger partial charge in [0.1, 0.15) is 5.16 Å². The summed E-state index contributed by atoms with van der Waals surface area (Å²) in [5.41, 5.74) is 0. The number of carbonyl (C=O) groups is 1. The Balaban J connectivity index is 5.74. The van der Waals surface area contributed by atoms with Gasteiger partial charge < -0.3 is 15.6 Å². The number of rotatable bonds is 10. The minimum Gasteiger partial charge on any atom is -0.324 e. The molecule has 13 heteroatoms. The molecule has 0 rings (SSSR count). The number of Topliss-reactive ketones (excluding diaryl/α,β-unsaturated/α-hetero) is 1. The number of hydrogen-bond acceptors (Lipinski definition) is 9. The van der Waals surface area contributed by atoms with E-state index in [9.17, 15) is 23.7 Å².